The summed E-state index contributed by atoms with van der Waals surface area (Å²) in [5.41, 5.74) is 0. The molecule has 0 saturated carbocycles. The van der Waals surface area contributed by atoms with Crippen LogP contribution in [0.1, 0.15) is 33.6 Å². The molecule has 0 radical (unpaired) electrons. The van der Waals surface area contributed by atoms with Gasteiger partial charge in [-0.25, -0.2) is 0 Å². The van der Waals surface area contributed by atoms with E-state index < -0.39 is 17.9 Å². The summed E-state index contributed by atoms with van der Waals surface area (Å²) in [4.78, 5) is 33.2. The first-order chi connectivity index (χ1) is 7.51. The molecule has 0 aromatic heterocycles. The van der Waals surface area contributed by atoms with Crippen molar-refractivity contribution in [2.24, 2.45) is 5.92 Å². The molecule has 0 fully saturated rings. The number of hydrogen-bond acceptors (Lipinski definition) is 5. The van der Waals surface area contributed by atoms with Gasteiger partial charge in [0.2, 0.25) is 0 Å². The van der Waals surface area contributed by atoms with Gasteiger partial charge in [0.15, 0.2) is 5.78 Å². The summed E-state index contributed by atoms with van der Waals surface area (Å²) in [5.74, 6) is -1.70. The van der Waals surface area contributed by atoms with Gasteiger partial charge in [0, 0.05) is 0 Å². The van der Waals surface area contributed by atoms with Gasteiger partial charge in [0.1, 0.15) is 6.61 Å². The lowest BCUT2D eigenvalue weighted by molar-refractivity contribution is -0.156. The third kappa shape index (κ3) is 6.16. The number of ether oxygens (including phenoxy) is 2. The molecule has 0 amide bonds. The Kier molecular flexibility index (Phi) is 7.16. The number of ketones is 1. The van der Waals surface area contributed by atoms with Gasteiger partial charge in [-0.15, -0.1) is 0 Å². The molecule has 0 saturated heterocycles. The monoisotopic (exact) mass is 230 g/mol. The van der Waals surface area contributed by atoms with Crippen LogP contribution in [0.25, 0.3) is 0 Å². The fraction of sp³-hybridized carbons (Fsp3) is 0.727. The van der Waals surface area contributed by atoms with Gasteiger partial charge >= 0.3 is 11.9 Å². The zero-order valence-corrected chi connectivity index (χ0v) is 9.95. The minimum Gasteiger partial charge on any atom is -0.466 e. The fourth-order valence-electron chi connectivity index (χ4n) is 1.11. The quantitative estimate of drug-likeness (QED) is 0.612. The lowest BCUT2D eigenvalue weighted by Gasteiger charge is -2.12. The van der Waals surface area contributed by atoms with Crippen LogP contribution in [0, 0.1) is 5.92 Å². The predicted molar refractivity (Wildman–Crippen MR) is 56.7 cm³/mol. The summed E-state index contributed by atoms with van der Waals surface area (Å²) in [6, 6.07) is 0. The molecule has 0 aromatic rings. The molecule has 92 valence electrons. The summed E-state index contributed by atoms with van der Waals surface area (Å²) in [5, 5.41) is 0. The molecular formula is C11H18O5. The van der Waals surface area contributed by atoms with Gasteiger partial charge in [-0.1, -0.05) is 6.92 Å². The number of esters is 2. The summed E-state index contributed by atoms with van der Waals surface area (Å²) in [6.45, 7) is 4.86. The second kappa shape index (κ2) is 7.84. The summed E-state index contributed by atoms with van der Waals surface area (Å²) in [6.07, 6.45) is 0.483. The van der Waals surface area contributed by atoms with Crippen LogP contribution in [-0.2, 0) is 23.9 Å². The van der Waals surface area contributed by atoms with E-state index in [0.717, 1.165) is 0 Å². The molecule has 5 heteroatoms. The molecule has 5 nitrogen and oxygen atoms in total. The Balaban J connectivity index is 4.11. The third-order valence-electron chi connectivity index (χ3n) is 1.96. The van der Waals surface area contributed by atoms with Crippen molar-refractivity contribution in [1.29, 1.82) is 0 Å². The third-order valence-corrected chi connectivity index (χ3v) is 1.96. The number of carbonyl (C=O) groups is 3. The Bertz CT molecular complexity index is 259. The summed E-state index contributed by atoms with van der Waals surface area (Å²) < 4.78 is 9.48. The SMILES string of the molecule is CCOC(=O)CC(CC)C(=O)OCC(C)=O. The van der Waals surface area contributed by atoms with Gasteiger partial charge in [-0.05, 0) is 20.3 Å². The lowest BCUT2D eigenvalue weighted by Crippen LogP contribution is -2.23. The molecule has 16 heavy (non-hydrogen) atoms. The van der Waals surface area contributed by atoms with Gasteiger partial charge in [0.05, 0.1) is 18.9 Å². The number of rotatable bonds is 7. The number of hydrogen-bond donors (Lipinski definition) is 0. The first kappa shape index (κ1) is 14.6. The molecule has 0 N–H and O–H groups in total. The number of Topliss-reactive ketones (excluding diaryl/α,β-unsaturated/α-hetero) is 1. The predicted octanol–water partition coefficient (Wildman–Crippen LogP) is 1.10. The van der Waals surface area contributed by atoms with Crippen LogP contribution in [-0.4, -0.2) is 30.9 Å². The smallest absolute Gasteiger partial charge is 0.309 e. The average Bonchev–Trinajstić information content (AvgIpc) is 2.22. The van der Waals surface area contributed by atoms with E-state index in [1.165, 1.54) is 6.92 Å². The Morgan fingerprint density at radius 2 is 1.75 bits per heavy atom. The first-order valence-electron chi connectivity index (χ1n) is 5.32. The van der Waals surface area contributed by atoms with Crippen molar-refractivity contribution >= 4 is 17.7 Å². The topological polar surface area (TPSA) is 69.7 Å². The second-order valence-corrected chi connectivity index (χ2v) is 3.42. The Labute approximate surface area is 95.1 Å². The van der Waals surface area contributed by atoms with Gasteiger partial charge in [0.25, 0.3) is 0 Å². The van der Waals surface area contributed by atoms with E-state index in [-0.39, 0.29) is 25.4 Å². The zero-order chi connectivity index (χ0) is 12.6. The van der Waals surface area contributed by atoms with Crippen LogP contribution in [0.5, 0.6) is 0 Å². The van der Waals surface area contributed by atoms with Crippen LogP contribution >= 0.6 is 0 Å². The Morgan fingerprint density at radius 1 is 1.12 bits per heavy atom. The Morgan fingerprint density at radius 3 is 2.19 bits per heavy atom. The van der Waals surface area contributed by atoms with Crippen molar-refractivity contribution in [2.45, 2.75) is 33.6 Å². The van der Waals surface area contributed by atoms with Crippen LogP contribution < -0.4 is 0 Å². The van der Waals surface area contributed by atoms with Gasteiger partial charge < -0.3 is 9.47 Å². The highest BCUT2D eigenvalue weighted by molar-refractivity contribution is 5.83. The largest absolute Gasteiger partial charge is 0.466 e. The zero-order valence-electron chi connectivity index (χ0n) is 9.95. The van der Waals surface area contributed by atoms with E-state index in [1.54, 1.807) is 13.8 Å². The van der Waals surface area contributed by atoms with Crippen molar-refractivity contribution in [2.75, 3.05) is 13.2 Å². The van der Waals surface area contributed by atoms with Gasteiger partial charge in [-0.3, -0.25) is 14.4 Å². The van der Waals surface area contributed by atoms with Crippen molar-refractivity contribution in [3.05, 3.63) is 0 Å². The van der Waals surface area contributed by atoms with Crippen molar-refractivity contribution in [3.8, 4) is 0 Å². The molecule has 1 atom stereocenters. The Hall–Kier alpha value is -1.39. The van der Waals surface area contributed by atoms with E-state index in [9.17, 15) is 14.4 Å². The highest BCUT2D eigenvalue weighted by Crippen LogP contribution is 2.11. The van der Waals surface area contributed by atoms with E-state index in [2.05, 4.69) is 0 Å². The molecular weight excluding hydrogens is 212 g/mol. The van der Waals surface area contributed by atoms with Crippen molar-refractivity contribution in [3.63, 3.8) is 0 Å². The highest BCUT2D eigenvalue weighted by Gasteiger charge is 2.22. The normalized spacial score (nSPS) is 11.7. The molecule has 0 rings (SSSR count). The standard InChI is InChI=1S/C11H18O5/c1-4-9(6-10(13)15-5-2)11(14)16-7-8(3)12/h9H,4-7H2,1-3H3. The maximum Gasteiger partial charge on any atom is 0.309 e. The van der Waals surface area contributed by atoms with Crippen LogP contribution in [0.2, 0.25) is 0 Å². The maximum atomic E-state index is 11.4. The summed E-state index contributed by atoms with van der Waals surface area (Å²) in [7, 11) is 0. The van der Waals surface area contributed by atoms with Crippen molar-refractivity contribution < 1.29 is 23.9 Å². The van der Waals surface area contributed by atoms with E-state index in [0.29, 0.717) is 6.42 Å². The molecule has 0 aliphatic carbocycles. The first-order valence-corrected chi connectivity index (χ1v) is 5.32. The molecule has 0 spiro atoms. The number of carbonyl (C=O) groups excluding carboxylic acids is 3. The molecule has 0 aromatic carbocycles. The van der Waals surface area contributed by atoms with Gasteiger partial charge in [-0.2, -0.15) is 0 Å². The fourth-order valence-corrected chi connectivity index (χ4v) is 1.11. The molecule has 0 bridgehead atoms. The lowest BCUT2D eigenvalue weighted by atomic mass is 10.0. The van der Waals surface area contributed by atoms with Crippen LogP contribution in [0.4, 0.5) is 0 Å². The average molecular weight is 230 g/mol. The minimum absolute atomic E-state index is 0.00107. The van der Waals surface area contributed by atoms with Crippen molar-refractivity contribution in [1.82, 2.24) is 0 Å². The molecule has 0 aliphatic heterocycles. The molecule has 0 heterocycles. The van der Waals surface area contributed by atoms with Crippen LogP contribution in [0.3, 0.4) is 0 Å². The molecule has 1 unspecified atom stereocenters. The molecule has 0 aliphatic rings. The van der Waals surface area contributed by atoms with E-state index in [4.69, 9.17) is 9.47 Å². The van der Waals surface area contributed by atoms with E-state index >= 15 is 0 Å². The van der Waals surface area contributed by atoms with Crippen LogP contribution in [0.15, 0.2) is 0 Å². The summed E-state index contributed by atoms with van der Waals surface area (Å²) >= 11 is 0. The highest BCUT2D eigenvalue weighted by atomic mass is 16.5. The second-order valence-electron chi connectivity index (χ2n) is 3.42. The minimum atomic E-state index is -0.529. The maximum absolute atomic E-state index is 11.4. The van der Waals surface area contributed by atoms with E-state index in [1.807, 2.05) is 0 Å².